The molecule has 0 bridgehead atoms. The number of carbonyl (C=O) groups excluding carboxylic acids is 1. The third kappa shape index (κ3) is 5.06. The zero-order chi connectivity index (χ0) is 19.2. The predicted octanol–water partition coefficient (Wildman–Crippen LogP) is 2.81. The number of piperazine rings is 1. The van der Waals surface area contributed by atoms with Gasteiger partial charge in [-0.15, -0.1) is 0 Å². The van der Waals surface area contributed by atoms with Crippen LogP contribution in [0, 0.1) is 12.7 Å². The van der Waals surface area contributed by atoms with E-state index in [0.717, 1.165) is 17.1 Å². The fourth-order valence-corrected chi connectivity index (χ4v) is 2.88. The molecule has 3 rings (SSSR count). The lowest BCUT2D eigenvalue weighted by Crippen LogP contribution is -2.49. The fourth-order valence-electron chi connectivity index (χ4n) is 2.88. The Morgan fingerprint density at radius 3 is 2.56 bits per heavy atom. The summed E-state index contributed by atoms with van der Waals surface area (Å²) in [5.74, 6) is 1.11. The summed E-state index contributed by atoms with van der Waals surface area (Å²) in [6.07, 6.45) is -0.274. The van der Waals surface area contributed by atoms with Crippen LogP contribution in [-0.4, -0.2) is 53.7 Å². The molecule has 1 aliphatic rings. The van der Waals surface area contributed by atoms with Crippen molar-refractivity contribution in [2.75, 3.05) is 43.0 Å². The quantitative estimate of drug-likeness (QED) is 0.869. The number of halogens is 1. The van der Waals surface area contributed by atoms with Gasteiger partial charge in [0.1, 0.15) is 11.6 Å². The fraction of sp³-hybridized carbons (Fsp3) is 0.421. The third-order valence-electron chi connectivity index (χ3n) is 4.32. The SMILES string of the molecule is CCOC(=O)N1CCN(c2nc(C)cc(NCc3ccc(F)cc3)n2)CC1. The van der Waals surface area contributed by atoms with E-state index in [1.54, 1.807) is 24.0 Å². The monoisotopic (exact) mass is 373 g/mol. The van der Waals surface area contributed by atoms with Crippen molar-refractivity contribution >= 4 is 17.9 Å². The maximum atomic E-state index is 13.0. The maximum Gasteiger partial charge on any atom is 0.409 e. The van der Waals surface area contributed by atoms with Crippen LogP contribution in [-0.2, 0) is 11.3 Å². The Morgan fingerprint density at radius 1 is 1.19 bits per heavy atom. The molecule has 27 heavy (non-hydrogen) atoms. The summed E-state index contributed by atoms with van der Waals surface area (Å²) in [6.45, 7) is 7.11. The second-order valence-corrected chi connectivity index (χ2v) is 6.35. The van der Waals surface area contributed by atoms with Gasteiger partial charge in [0.25, 0.3) is 0 Å². The van der Waals surface area contributed by atoms with E-state index in [1.165, 1.54) is 12.1 Å². The second kappa shape index (κ2) is 8.66. The molecule has 0 aliphatic carbocycles. The van der Waals surface area contributed by atoms with E-state index in [0.29, 0.717) is 45.3 Å². The Morgan fingerprint density at radius 2 is 1.89 bits per heavy atom. The molecule has 0 saturated carbocycles. The summed E-state index contributed by atoms with van der Waals surface area (Å²) < 4.78 is 18.0. The van der Waals surface area contributed by atoms with E-state index in [2.05, 4.69) is 20.2 Å². The average Bonchev–Trinajstić information content (AvgIpc) is 2.67. The van der Waals surface area contributed by atoms with Gasteiger partial charge >= 0.3 is 6.09 Å². The summed E-state index contributed by atoms with van der Waals surface area (Å²) in [5, 5.41) is 3.26. The molecular formula is C19H24FN5O2. The highest BCUT2D eigenvalue weighted by Gasteiger charge is 2.23. The minimum Gasteiger partial charge on any atom is -0.450 e. The Hall–Kier alpha value is -2.90. The van der Waals surface area contributed by atoms with E-state index < -0.39 is 0 Å². The number of aromatic nitrogens is 2. The van der Waals surface area contributed by atoms with Crippen molar-refractivity contribution in [3.8, 4) is 0 Å². The lowest BCUT2D eigenvalue weighted by Gasteiger charge is -2.34. The lowest BCUT2D eigenvalue weighted by atomic mass is 10.2. The number of aryl methyl sites for hydroxylation is 1. The molecule has 8 heteroatoms. The molecule has 0 spiro atoms. The first-order valence-corrected chi connectivity index (χ1v) is 9.06. The Labute approximate surface area is 158 Å². The number of hydrogen-bond acceptors (Lipinski definition) is 6. The molecule has 0 atom stereocenters. The zero-order valence-electron chi connectivity index (χ0n) is 15.6. The van der Waals surface area contributed by atoms with Crippen LogP contribution in [0.4, 0.5) is 21.0 Å². The van der Waals surface area contributed by atoms with Crippen LogP contribution in [0.25, 0.3) is 0 Å². The van der Waals surface area contributed by atoms with Gasteiger partial charge in [0, 0.05) is 44.5 Å². The number of nitrogens with zero attached hydrogens (tertiary/aromatic N) is 4. The van der Waals surface area contributed by atoms with Gasteiger partial charge in [-0.2, -0.15) is 4.98 Å². The molecule has 1 aliphatic heterocycles. The van der Waals surface area contributed by atoms with Gasteiger partial charge in [-0.3, -0.25) is 0 Å². The minimum atomic E-state index is -0.274. The van der Waals surface area contributed by atoms with Gasteiger partial charge in [0.2, 0.25) is 5.95 Å². The van der Waals surface area contributed by atoms with Gasteiger partial charge in [0.05, 0.1) is 6.61 Å². The van der Waals surface area contributed by atoms with E-state index >= 15 is 0 Å². The van der Waals surface area contributed by atoms with Crippen LogP contribution in [0.2, 0.25) is 0 Å². The molecular weight excluding hydrogens is 349 g/mol. The number of carbonyl (C=O) groups is 1. The third-order valence-corrected chi connectivity index (χ3v) is 4.32. The standard InChI is InChI=1S/C19H24FN5O2/c1-3-27-19(26)25-10-8-24(9-11-25)18-22-14(2)12-17(23-18)21-13-15-4-6-16(20)7-5-15/h4-7,12H,3,8-11,13H2,1-2H3,(H,21,22,23). The minimum absolute atomic E-state index is 0.249. The largest absolute Gasteiger partial charge is 0.450 e. The first-order valence-electron chi connectivity index (χ1n) is 9.06. The highest BCUT2D eigenvalue weighted by molar-refractivity contribution is 5.68. The number of benzene rings is 1. The number of nitrogens with one attached hydrogen (secondary N) is 1. The van der Waals surface area contributed by atoms with Gasteiger partial charge < -0.3 is 19.9 Å². The van der Waals surface area contributed by atoms with E-state index in [4.69, 9.17) is 4.74 Å². The normalized spacial score (nSPS) is 14.2. The van der Waals surface area contributed by atoms with Crippen LogP contribution in [0.15, 0.2) is 30.3 Å². The summed E-state index contributed by atoms with van der Waals surface area (Å²) in [4.78, 5) is 24.7. The Balaban J connectivity index is 1.62. The molecule has 1 N–H and O–H groups in total. The average molecular weight is 373 g/mol. The summed E-state index contributed by atoms with van der Waals surface area (Å²) in [5.41, 5.74) is 1.83. The van der Waals surface area contributed by atoms with Crippen molar-refractivity contribution in [1.82, 2.24) is 14.9 Å². The van der Waals surface area contributed by atoms with Crippen LogP contribution in [0.3, 0.4) is 0 Å². The van der Waals surface area contributed by atoms with Gasteiger partial charge in [-0.1, -0.05) is 12.1 Å². The first-order chi connectivity index (χ1) is 13.0. The molecule has 1 fully saturated rings. The van der Waals surface area contributed by atoms with Crippen molar-refractivity contribution < 1.29 is 13.9 Å². The number of ether oxygens (including phenoxy) is 1. The van der Waals surface area contributed by atoms with Gasteiger partial charge in [-0.25, -0.2) is 14.2 Å². The number of hydrogen-bond donors (Lipinski definition) is 1. The Bertz CT molecular complexity index is 776. The molecule has 1 aromatic carbocycles. The Kier molecular flexibility index (Phi) is 6.05. The molecule has 0 radical (unpaired) electrons. The van der Waals surface area contributed by atoms with Gasteiger partial charge in [-0.05, 0) is 31.5 Å². The number of anilines is 2. The predicted molar refractivity (Wildman–Crippen MR) is 101 cm³/mol. The molecule has 1 amide bonds. The van der Waals surface area contributed by atoms with Gasteiger partial charge in [0.15, 0.2) is 0 Å². The van der Waals surface area contributed by atoms with Crippen molar-refractivity contribution in [3.05, 3.63) is 47.4 Å². The van der Waals surface area contributed by atoms with E-state index in [1.807, 2.05) is 13.0 Å². The topological polar surface area (TPSA) is 70.6 Å². The van der Waals surface area contributed by atoms with Crippen molar-refractivity contribution in [2.24, 2.45) is 0 Å². The molecule has 2 heterocycles. The number of amides is 1. The molecule has 2 aromatic rings. The van der Waals surface area contributed by atoms with E-state index in [9.17, 15) is 9.18 Å². The summed E-state index contributed by atoms with van der Waals surface area (Å²) in [6, 6.07) is 8.24. The molecule has 7 nitrogen and oxygen atoms in total. The summed E-state index contributed by atoms with van der Waals surface area (Å²) in [7, 11) is 0. The zero-order valence-corrected chi connectivity index (χ0v) is 15.6. The second-order valence-electron chi connectivity index (χ2n) is 6.35. The molecule has 1 saturated heterocycles. The lowest BCUT2D eigenvalue weighted by molar-refractivity contribution is 0.105. The number of rotatable bonds is 5. The van der Waals surface area contributed by atoms with Crippen LogP contribution in [0.5, 0.6) is 0 Å². The van der Waals surface area contributed by atoms with Crippen molar-refractivity contribution in [3.63, 3.8) is 0 Å². The van der Waals surface area contributed by atoms with Crippen molar-refractivity contribution in [1.29, 1.82) is 0 Å². The van der Waals surface area contributed by atoms with Crippen LogP contribution >= 0.6 is 0 Å². The smallest absolute Gasteiger partial charge is 0.409 e. The molecule has 0 unspecified atom stereocenters. The molecule has 144 valence electrons. The molecule has 1 aromatic heterocycles. The maximum absolute atomic E-state index is 13.0. The van der Waals surface area contributed by atoms with Crippen molar-refractivity contribution in [2.45, 2.75) is 20.4 Å². The highest BCUT2D eigenvalue weighted by atomic mass is 19.1. The van der Waals surface area contributed by atoms with Crippen LogP contribution < -0.4 is 10.2 Å². The van der Waals surface area contributed by atoms with Crippen LogP contribution in [0.1, 0.15) is 18.2 Å². The highest BCUT2D eigenvalue weighted by Crippen LogP contribution is 2.17. The van der Waals surface area contributed by atoms with E-state index in [-0.39, 0.29) is 11.9 Å². The first kappa shape index (κ1) is 18.9. The summed E-state index contributed by atoms with van der Waals surface area (Å²) >= 11 is 0.